The van der Waals surface area contributed by atoms with E-state index in [2.05, 4.69) is 24.9 Å². The van der Waals surface area contributed by atoms with Crippen molar-refractivity contribution < 1.29 is 28.3 Å². The first-order chi connectivity index (χ1) is 16.5. The average molecular weight is 472 g/mol. The number of esters is 1. The van der Waals surface area contributed by atoms with Crippen molar-refractivity contribution in [1.29, 1.82) is 0 Å². The first kappa shape index (κ1) is 23.6. The van der Waals surface area contributed by atoms with Gasteiger partial charge in [-0.15, -0.1) is 0 Å². The van der Waals surface area contributed by atoms with Crippen molar-refractivity contribution in [3.8, 4) is 17.2 Å². The highest BCUT2D eigenvalue weighted by Crippen LogP contribution is 2.40. The van der Waals surface area contributed by atoms with Crippen LogP contribution in [-0.2, 0) is 11.3 Å². The largest absolute Gasteiger partial charge is 0.493 e. The van der Waals surface area contributed by atoms with Gasteiger partial charge < -0.3 is 28.4 Å². The van der Waals surface area contributed by atoms with Gasteiger partial charge in [-0.3, -0.25) is 4.90 Å². The molecule has 1 aromatic carbocycles. The molecule has 3 aromatic rings. The standard InChI is InChI=1S/C23H29N5O6/c1-6-33-23(29)20-24-21(17-14(2)26-34-22(17)25-20)28-11-9-27(10-12-28)13-15-7-8-16(30-3)19(32-5)18(15)31-4/h7-8H,6,9-13H2,1-5H3. The van der Waals surface area contributed by atoms with Gasteiger partial charge in [0.15, 0.2) is 11.5 Å². The number of fused-ring (bicyclic) bond motifs is 1. The Bertz CT molecular complexity index is 1170. The summed E-state index contributed by atoms with van der Waals surface area (Å²) in [6.07, 6.45) is 0. The zero-order valence-electron chi connectivity index (χ0n) is 20.1. The number of carbonyl (C=O) groups is 1. The van der Waals surface area contributed by atoms with Gasteiger partial charge in [0, 0.05) is 38.3 Å². The Morgan fingerprint density at radius 1 is 1.03 bits per heavy atom. The highest BCUT2D eigenvalue weighted by atomic mass is 16.5. The van der Waals surface area contributed by atoms with E-state index >= 15 is 0 Å². The fraction of sp³-hybridized carbons (Fsp3) is 0.478. The lowest BCUT2D eigenvalue weighted by Gasteiger charge is -2.35. The van der Waals surface area contributed by atoms with Gasteiger partial charge >= 0.3 is 5.97 Å². The number of methoxy groups -OCH3 is 3. The summed E-state index contributed by atoms with van der Waals surface area (Å²) in [5, 5.41) is 4.73. The second kappa shape index (κ2) is 10.1. The fourth-order valence-electron chi connectivity index (χ4n) is 4.13. The monoisotopic (exact) mass is 471 g/mol. The Morgan fingerprint density at radius 3 is 2.41 bits per heavy atom. The van der Waals surface area contributed by atoms with Crippen LogP contribution in [-0.4, -0.2) is 80.1 Å². The molecule has 1 fully saturated rings. The summed E-state index contributed by atoms with van der Waals surface area (Å²) in [6.45, 7) is 7.47. The molecule has 1 saturated heterocycles. The van der Waals surface area contributed by atoms with Crippen LogP contribution in [0.15, 0.2) is 16.7 Å². The van der Waals surface area contributed by atoms with Gasteiger partial charge in [0.25, 0.3) is 5.71 Å². The Kier molecular flexibility index (Phi) is 7.01. The molecule has 0 unspecified atom stereocenters. The van der Waals surface area contributed by atoms with Crippen LogP contribution in [0.3, 0.4) is 0 Å². The molecule has 11 nitrogen and oxygen atoms in total. The lowest BCUT2D eigenvalue weighted by Crippen LogP contribution is -2.46. The van der Waals surface area contributed by atoms with Crippen molar-refractivity contribution in [3.05, 3.63) is 29.2 Å². The van der Waals surface area contributed by atoms with Gasteiger partial charge in [0.05, 0.1) is 33.6 Å². The molecule has 0 amide bonds. The zero-order valence-corrected chi connectivity index (χ0v) is 20.1. The first-order valence-corrected chi connectivity index (χ1v) is 11.1. The molecule has 0 atom stereocenters. The van der Waals surface area contributed by atoms with Gasteiger partial charge in [0.1, 0.15) is 11.2 Å². The second-order valence-electron chi connectivity index (χ2n) is 7.80. The summed E-state index contributed by atoms with van der Waals surface area (Å²) in [5.41, 5.74) is 1.97. The summed E-state index contributed by atoms with van der Waals surface area (Å²) in [6, 6.07) is 3.88. The van der Waals surface area contributed by atoms with Gasteiger partial charge in [-0.1, -0.05) is 11.2 Å². The van der Waals surface area contributed by atoms with Crippen molar-refractivity contribution in [3.63, 3.8) is 0 Å². The van der Waals surface area contributed by atoms with Crippen LogP contribution < -0.4 is 19.1 Å². The molecule has 0 N–H and O–H groups in total. The summed E-state index contributed by atoms with van der Waals surface area (Å²) >= 11 is 0. The molecule has 182 valence electrons. The lowest BCUT2D eigenvalue weighted by molar-refractivity contribution is 0.0512. The van der Waals surface area contributed by atoms with Gasteiger partial charge in [-0.2, -0.15) is 4.98 Å². The minimum Gasteiger partial charge on any atom is -0.493 e. The molecule has 11 heteroatoms. The molecule has 2 aromatic heterocycles. The Balaban J connectivity index is 1.54. The Hall–Kier alpha value is -3.60. The number of hydrogen-bond acceptors (Lipinski definition) is 11. The average Bonchev–Trinajstić information content (AvgIpc) is 3.24. The van der Waals surface area contributed by atoms with E-state index in [1.54, 1.807) is 28.3 Å². The van der Waals surface area contributed by atoms with E-state index in [9.17, 15) is 4.79 Å². The Morgan fingerprint density at radius 2 is 1.76 bits per heavy atom. The number of rotatable bonds is 8. The number of piperazine rings is 1. The molecular formula is C23H29N5O6. The van der Waals surface area contributed by atoms with E-state index in [1.807, 2.05) is 19.1 Å². The molecule has 0 spiro atoms. The third-order valence-corrected chi connectivity index (χ3v) is 5.80. The third kappa shape index (κ3) is 4.43. The zero-order chi connectivity index (χ0) is 24.2. The third-order valence-electron chi connectivity index (χ3n) is 5.80. The molecule has 1 aliphatic rings. The van der Waals surface area contributed by atoms with Crippen molar-refractivity contribution >= 4 is 22.9 Å². The van der Waals surface area contributed by atoms with E-state index < -0.39 is 5.97 Å². The number of ether oxygens (including phenoxy) is 4. The summed E-state index contributed by atoms with van der Waals surface area (Å²) < 4.78 is 26.9. The predicted octanol–water partition coefficient (Wildman–Crippen LogP) is 2.45. The van der Waals surface area contributed by atoms with E-state index in [0.29, 0.717) is 53.8 Å². The molecule has 34 heavy (non-hydrogen) atoms. The van der Waals surface area contributed by atoms with Gasteiger partial charge in [0.2, 0.25) is 11.6 Å². The van der Waals surface area contributed by atoms with Crippen LogP contribution >= 0.6 is 0 Å². The quantitative estimate of drug-likeness (QED) is 0.452. The van der Waals surface area contributed by atoms with Gasteiger partial charge in [-0.05, 0) is 19.9 Å². The van der Waals surface area contributed by atoms with Crippen LogP contribution in [0.1, 0.15) is 28.8 Å². The van der Waals surface area contributed by atoms with Crippen LogP contribution in [0, 0.1) is 6.92 Å². The van der Waals surface area contributed by atoms with Crippen LogP contribution in [0.25, 0.3) is 11.1 Å². The number of carbonyl (C=O) groups excluding carboxylic acids is 1. The minimum atomic E-state index is -0.584. The number of aromatic nitrogens is 3. The maximum Gasteiger partial charge on any atom is 0.376 e. The Labute approximate surface area is 197 Å². The van der Waals surface area contributed by atoms with Gasteiger partial charge in [-0.25, -0.2) is 9.78 Å². The molecule has 3 heterocycles. The van der Waals surface area contributed by atoms with E-state index in [4.69, 9.17) is 23.5 Å². The molecule has 0 radical (unpaired) electrons. The molecule has 0 bridgehead atoms. The predicted molar refractivity (Wildman–Crippen MR) is 124 cm³/mol. The van der Waals surface area contributed by atoms with E-state index in [0.717, 1.165) is 18.7 Å². The topological polar surface area (TPSA) is 112 Å². The first-order valence-electron chi connectivity index (χ1n) is 11.1. The SMILES string of the molecule is CCOC(=O)c1nc(N2CCN(Cc3ccc(OC)c(OC)c3OC)CC2)c2c(C)noc2n1. The van der Waals surface area contributed by atoms with Crippen molar-refractivity contribution in [2.45, 2.75) is 20.4 Å². The number of hydrogen-bond donors (Lipinski definition) is 0. The summed E-state index contributed by atoms with van der Waals surface area (Å²) in [5.74, 6) is 1.90. The fourth-order valence-corrected chi connectivity index (χ4v) is 4.13. The molecule has 1 aliphatic heterocycles. The number of nitrogens with zero attached hydrogens (tertiary/aromatic N) is 5. The molecule has 0 aliphatic carbocycles. The highest BCUT2D eigenvalue weighted by Gasteiger charge is 2.27. The second-order valence-corrected chi connectivity index (χ2v) is 7.80. The van der Waals surface area contributed by atoms with E-state index in [-0.39, 0.29) is 18.1 Å². The van der Waals surface area contributed by atoms with Crippen molar-refractivity contribution in [2.75, 3.05) is 59.0 Å². The van der Waals surface area contributed by atoms with Crippen LogP contribution in [0.4, 0.5) is 5.82 Å². The van der Waals surface area contributed by atoms with Crippen LogP contribution in [0.5, 0.6) is 17.2 Å². The van der Waals surface area contributed by atoms with Crippen molar-refractivity contribution in [2.24, 2.45) is 0 Å². The molecule has 4 rings (SSSR count). The number of benzene rings is 1. The maximum absolute atomic E-state index is 12.3. The van der Waals surface area contributed by atoms with Crippen molar-refractivity contribution in [1.82, 2.24) is 20.0 Å². The molecule has 0 saturated carbocycles. The highest BCUT2D eigenvalue weighted by molar-refractivity contribution is 5.93. The number of aryl methyl sites for hydroxylation is 1. The normalized spacial score (nSPS) is 14.3. The smallest absolute Gasteiger partial charge is 0.376 e. The molecular weight excluding hydrogens is 442 g/mol. The maximum atomic E-state index is 12.3. The minimum absolute atomic E-state index is 0.0296. The van der Waals surface area contributed by atoms with Crippen LogP contribution in [0.2, 0.25) is 0 Å². The summed E-state index contributed by atoms with van der Waals surface area (Å²) in [7, 11) is 4.83. The summed E-state index contributed by atoms with van der Waals surface area (Å²) in [4.78, 5) is 25.5. The lowest BCUT2D eigenvalue weighted by atomic mass is 10.1. The van der Waals surface area contributed by atoms with E-state index in [1.165, 1.54) is 0 Å². The number of anilines is 1.